The molecule has 1 N–H and O–H groups in total. The average molecular weight is 296 g/mol. The van der Waals surface area contributed by atoms with Crippen LogP contribution >= 0.6 is 11.6 Å². The monoisotopic (exact) mass is 295 g/mol. The maximum Gasteiger partial charge on any atom is 0.179 e. The van der Waals surface area contributed by atoms with E-state index in [2.05, 4.69) is 11.9 Å². The van der Waals surface area contributed by atoms with Crippen molar-refractivity contribution in [3.8, 4) is 11.5 Å². The minimum Gasteiger partial charge on any atom is -0.493 e. The summed E-state index contributed by atoms with van der Waals surface area (Å²) in [5.41, 5.74) is 2.20. The summed E-state index contributed by atoms with van der Waals surface area (Å²) >= 11 is 6.30. The van der Waals surface area contributed by atoms with E-state index in [1.807, 2.05) is 19.1 Å². The Morgan fingerprint density at radius 2 is 2.20 bits per heavy atom. The largest absolute Gasteiger partial charge is 0.493 e. The highest BCUT2D eigenvalue weighted by Crippen LogP contribution is 2.36. The van der Waals surface area contributed by atoms with Gasteiger partial charge in [0.05, 0.1) is 18.7 Å². The zero-order valence-electron chi connectivity index (χ0n) is 12.2. The maximum absolute atomic E-state index is 6.30. The summed E-state index contributed by atoms with van der Waals surface area (Å²) in [6, 6.07) is 4.60. The van der Waals surface area contributed by atoms with Crippen LogP contribution in [0.25, 0.3) is 0 Å². The van der Waals surface area contributed by atoms with Crippen LogP contribution in [-0.4, -0.2) is 19.8 Å². The molecular weight excluding hydrogens is 274 g/mol. The number of ether oxygens (including phenoxy) is 2. The van der Waals surface area contributed by atoms with Crippen LogP contribution in [0.3, 0.4) is 0 Å². The van der Waals surface area contributed by atoms with Crippen molar-refractivity contribution in [2.24, 2.45) is 0 Å². The Labute approximate surface area is 125 Å². The van der Waals surface area contributed by atoms with Gasteiger partial charge in [-0.1, -0.05) is 17.2 Å². The first kappa shape index (κ1) is 15.2. The zero-order valence-corrected chi connectivity index (χ0v) is 12.9. The predicted octanol–water partition coefficient (Wildman–Crippen LogP) is 3.95. The number of benzene rings is 1. The summed E-state index contributed by atoms with van der Waals surface area (Å²) in [5, 5.41) is 4.06. The van der Waals surface area contributed by atoms with Gasteiger partial charge in [0.25, 0.3) is 0 Å². The molecule has 1 aliphatic carbocycles. The molecule has 0 amide bonds. The number of hydrogen-bond donors (Lipinski definition) is 1. The molecule has 0 spiro atoms. The van der Waals surface area contributed by atoms with E-state index in [1.54, 1.807) is 7.11 Å². The summed E-state index contributed by atoms with van der Waals surface area (Å²) in [6.07, 6.45) is 3.35. The summed E-state index contributed by atoms with van der Waals surface area (Å²) in [6.45, 7) is 7.21. The summed E-state index contributed by atoms with van der Waals surface area (Å²) in [7, 11) is 1.63. The fraction of sp³-hybridized carbons (Fsp3) is 0.500. The molecule has 0 aliphatic heterocycles. The molecule has 0 radical (unpaired) electrons. The molecule has 1 fully saturated rings. The lowest BCUT2D eigenvalue weighted by molar-refractivity contribution is 0.297. The molecule has 4 heteroatoms. The second-order valence-electron chi connectivity index (χ2n) is 5.32. The standard InChI is InChI=1S/C16H22ClNO2/c1-11(2)6-7-20-16-14(17)8-12(9-15(16)19-3)10-18-13-4-5-13/h8-9,13,18H,1,4-7,10H2,2-3H3. The Hall–Kier alpha value is -1.19. The van der Waals surface area contributed by atoms with Crippen molar-refractivity contribution in [1.82, 2.24) is 5.32 Å². The van der Waals surface area contributed by atoms with Crippen LogP contribution in [0, 0.1) is 0 Å². The van der Waals surface area contributed by atoms with Gasteiger partial charge in [0, 0.05) is 19.0 Å². The van der Waals surface area contributed by atoms with Gasteiger partial charge in [-0.25, -0.2) is 0 Å². The Bertz CT molecular complexity index is 484. The van der Waals surface area contributed by atoms with Gasteiger partial charge < -0.3 is 14.8 Å². The second kappa shape index (κ2) is 7.00. The van der Waals surface area contributed by atoms with Crippen molar-refractivity contribution in [1.29, 1.82) is 0 Å². The number of methoxy groups -OCH3 is 1. The van der Waals surface area contributed by atoms with E-state index >= 15 is 0 Å². The van der Waals surface area contributed by atoms with Crippen LogP contribution < -0.4 is 14.8 Å². The van der Waals surface area contributed by atoms with E-state index in [9.17, 15) is 0 Å². The molecule has 110 valence electrons. The van der Waals surface area contributed by atoms with Gasteiger partial charge in [-0.2, -0.15) is 0 Å². The Morgan fingerprint density at radius 3 is 2.80 bits per heavy atom. The molecular formula is C16H22ClNO2. The van der Waals surface area contributed by atoms with Crippen LogP contribution in [0.1, 0.15) is 31.7 Å². The third-order valence-corrected chi connectivity index (χ3v) is 3.52. The molecule has 0 bridgehead atoms. The molecule has 0 atom stereocenters. The van der Waals surface area contributed by atoms with Gasteiger partial charge in [-0.05, 0) is 37.5 Å². The van der Waals surface area contributed by atoms with E-state index in [0.717, 1.165) is 24.1 Å². The van der Waals surface area contributed by atoms with Crippen molar-refractivity contribution in [3.63, 3.8) is 0 Å². The van der Waals surface area contributed by atoms with Gasteiger partial charge >= 0.3 is 0 Å². The fourth-order valence-electron chi connectivity index (χ4n) is 1.89. The second-order valence-corrected chi connectivity index (χ2v) is 5.73. The molecule has 0 saturated heterocycles. The Balaban J connectivity index is 2.03. The molecule has 20 heavy (non-hydrogen) atoms. The third kappa shape index (κ3) is 4.43. The maximum atomic E-state index is 6.30. The Kier molecular flexibility index (Phi) is 5.32. The van der Waals surface area contributed by atoms with Crippen LogP contribution in [0.5, 0.6) is 11.5 Å². The van der Waals surface area contributed by atoms with E-state index in [4.69, 9.17) is 21.1 Å². The highest BCUT2D eigenvalue weighted by Gasteiger charge is 2.20. The summed E-state index contributed by atoms with van der Waals surface area (Å²) < 4.78 is 11.1. The lowest BCUT2D eigenvalue weighted by Gasteiger charge is -2.14. The third-order valence-electron chi connectivity index (χ3n) is 3.24. The summed E-state index contributed by atoms with van der Waals surface area (Å²) in [5.74, 6) is 1.30. The molecule has 1 saturated carbocycles. The van der Waals surface area contributed by atoms with Crippen LogP contribution in [-0.2, 0) is 6.54 Å². The van der Waals surface area contributed by atoms with E-state index in [-0.39, 0.29) is 0 Å². The van der Waals surface area contributed by atoms with E-state index in [1.165, 1.54) is 12.8 Å². The van der Waals surface area contributed by atoms with Gasteiger partial charge in [0.15, 0.2) is 11.5 Å². The minimum absolute atomic E-state index is 0.561. The van der Waals surface area contributed by atoms with Crippen LogP contribution in [0.2, 0.25) is 5.02 Å². The quantitative estimate of drug-likeness (QED) is 0.737. The number of nitrogens with one attached hydrogen (secondary N) is 1. The smallest absolute Gasteiger partial charge is 0.179 e. The highest BCUT2D eigenvalue weighted by molar-refractivity contribution is 6.32. The highest BCUT2D eigenvalue weighted by atomic mass is 35.5. The minimum atomic E-state index is 0.561. The van der Waals surface area contributed by atoms with Crippen LogP contribution in [0.15, 0.2) is 24.3 Å². The molecule has 2 rings (SSSR count). The predicted molar refractivity (Wildman–Crippen MR) is 82.8 cm³/mol. The van der Waals surface area contributed by atoms with Gasteiger partial charge in [0.1, 0.15) is 0 Å². The molecule has 1 aromatic carbocycles. The lowest BCUT2D eigenvalue weighted by atomic mass is 10.2. The first-order chi connectivity index (χ1) is 9.60. The molecule has 3 nitrogen and oxygen atoms in total. The molecule has 1 aromatic rings. The fourth-order valence-corrected chi connectivity index (χ4v) is 2.18. The normalized spacial score (nSPS) is 14.2. The number of halogens is 1. The molecule has 1 aliphatic rings. The number of hydrogen-bond acceptors (Lipinski definition) is 3. The van der Waals surface area contributed by atoms with Gasteiger partial charge in [-0.15, -0.1) is 6.58 Å². The van der Waals surface area contributed by atoms with Gasteiger partial charge in [-0.3, -0.25) is 0 Å². The van der Waals surface area contributed by atoms with Crippen molar-refractivity contribution in [3.05, 3.63) is 34.9 Å². The van der Waals surface area contributed by atoms with Crippen molar-refractivity contribution in [2.45, 2.75) is 38.8 Å². The first-order valence-electron chi connectivity index (χ1n) is 6.97. The lowest BCUT2D eigenvalue weighted by Crippen LogP contribution is -2.15. The van der Waals surface area contributed by atoms with E-state index < -0.39 is 0 Å². The topological polar surface area (TPSA) is 30.5 Å². The Morgan fingerprint density at radius 1 is 1.45 bits per heavy atom. The van der Waals surface area contributed by atoms with Crippen LogP contribution in [0.4, 0.5) is 0 Å². The first-order valence-corrected chi connectivity index (χ1v) is 7.35. The summed E-state index contributed by atoms with van der Waals surface area (Å²) in [4.78, 5) is 0. The zero-order chi connectivity index (χ0) is 14.5. The van der Waals surface area contributed by atoms with Crippen molar-refractivity contribution in [2.75, 3.05) is 13.7 Å². The molecule has 0 heterocycles. The van der Waals surface area contributed by atoms with Gasteiger partial charge in [0.2, 0.25) is 0 Å². The number of rotatable bonds is 8. The average Bonchev–Trinajstić information content (AvgIpc) is 3.22. The van der Waals surface area contributed by atoms with E-state index in [0.29, 0.717) is 29.2 Å². The molecule has 0 aromatic heterocycles. The van der Waals surface area contributed by atoms with Crippen molar-refractivity contribution < 1.29 is 9.47 Å². The molecule has 0 unspecified atom stereocenters. The van der Waals surface area contributed by atoms with Crippen molar-refractivity contribution >= 4 is 11.6 Å². The SMILES string of the molecule is C=C(C)CCOc1c(Cl)cc(CNC2CC2)cc1OC.